The molecule has 2 fully saturated rings. The Morgan fingerprint density at radius 2 is 1.90 bits per heavy atom. The first-order chi connectivity index (χ1) is 19.0. The highest BCUT2D eigenvalue weighted by molar-refractivity contribution is 6.35. The molecule has 0 aliphatic carbocycles. The number of piperidine rings is 1. The van der Waals surface area contributed by atoms with Crippen LogP contribution in [0.15, 0.2) is 55.1 Å². The standard InChI is InChI=1S/C30H36ClN5O3/c1-3-27(37)35-15-9-8-12-22(20-35)36-28-25(31)18-24(39-23-13-16-34(4-2)17-14-23)19-26(28)32-30(36)33-29(38)21-10-6-5-7-11-21/h3,5-7,10-11,18-19,22-23H,1,4,8-9,12-17,20H2,2H3,(H,32,33,38). The Morgan fingerprint density at radius 3 is 2.62 bits per heavy atom. The Hall–Kier alpha value is -3.36. The predicted molar refractivity (Wildman–Crippen MR) is 155 cm³/mol. The molecule has 2 aromatic carbocycles. The lowest BCUT2D eigenvalue weighted by Gasteiger charge is -2.31. The minimum absolute atomic E-state index is 0.0999. The Kier molecular flexibility index (Phi) is 8.53. The number of hydrogen-bond donors (Lipinski definition) is 1. The van der Waals surface area contributed by atoms with Crippen molar-refractivity contribution < 1.29 is 14.3 Å². The number of benzene rings is 2. The normalized spacial score (nSPS) is 19.0. The molecule has 2 saturated heterocycles. The van der Waals surface area contributed by atoms with Gasteiger partial charge >= 0.3 is 0 Å². The van der Waals surface area contributed by atoms with Gasteiger partial charge in [-0.2, -0.15) is 0 Å². The van der Waals surface area contributed by atoms with Crippen LogP contribution >= 0.6 is 11.6 Å². The number of anilines is 1. The van der Waals surface area contributed by atoms with Crippen LogP contribution in [0.5, 0.6) is 5.75 Å². The molecule has 8 nitrogen and oxygen atoms in total. The zero-order valence-corrected chi connectivity index (χ0v) is 23.2. The van der Waals surface area contributed by atoms with Crippen molar-refractivity contribution in [1.82, 2.24) is 19.4 Å². The molecule has 9 heteroatoms. The molecular formula is C30H36ClN5O3. The maximum Gasteiger partial charge on any atom is 0.257 e. The van der Waals surface area contributed by atoms with Crippen molar-refractivity contribution in [1.29, 1.82) is 0 Å². The largest absolute Gasteiger partial charge is 0.490 e. The zero-order chi connectivity index (χ0) is 27.4. The summed E-state index contributed by atoms with van der Waals surface area (Å²) in [5.74, 6) is 0.733. The molecule has 1 unspecified atom stereocenters. The van der Waals surface area contributed by atoms with Crippen LogP contribution < -0.4 is 10.1 Å². The molecule has 0 bridgehead atoms. The topological polar surface area (TPSA) is 79.7 Å². The van der Waals surface area contributed by atoms with E-state index in [1.165, 1.54) is 6.08 Å². The third-order valence-corrected chi connectivity index (χ3v) is 8.04. The molecule has 206 valence electrons. The molecule has 3 heterocycles. The average molecular weight is 550 g/mol. The van der Waals surface area contributed by atoms with Gasteiger partial charge in [-0.15, -0.1) is 0 Å². The number of likely N-dealkylation sites (tertiary alicyclic amines) is 2. The molecule has 39 heavy (non-hydrogen) atoms. The summed E-state index contributed by atoms with van der Waals surface area (Å²) in [6.07, 6.45) is 6.07. The number of hydrogen-bond acceptors (Lipinski definition) is 5. The fraction of sp³-hybridized carbons (Fsp3) is 0.433. The molecule has 0 spiro atoms. The van der Waals surface area contributed by atoms with Crippen LogP contribution in [0.25, 0.3) is 11.0 Å². The molecule has 1 N–H and O–H groups in total. The number of amides is 2. The van der Waals surface area contributed by atoms with Crippen molar-refractivity contribution in [2.45, 2.75) is 51.2 Å². The zero-order valence-electron chi connectivity index (χ0n) is 22.4. The van der Waals surface area contributed by atoms with Crippen molar-refractivity contribution in [3.63, 3.8) is 0 Å². The summed E-state index contributed by atoms with van der Waals surface area (Å²) in [7, 11) is 0. The van der Waals surface area contributed by atoms with E-state index in [1.54, 1.807) is 12.1 Å². The summed E-state index contributed by atoms with van der Waals surface area (Å²) in [6.45, 7) is 10.1. The van der Waals surface area contributed by atoms with Crippen LogP contribution in [-0.2, 0) is 4.79 Å². The number of imidazole rings is 1. The van der Waals surface area contributed by atoms with Gasteiger partial charge in [0, 0.05) is 43.9 Å². The van der Waals surface area contributed by atoms with Crippen molar-refractivity contribution in [2.75, 3.05) is 38.0 Å². The minimum atomic E-state index is -0.255. The quantitative estimate of drug-likeness (QED) is 0.391. The number of aromatic nitrogens is 2. The summed E-state index contributed by atoms with van der Waals surface area (Å²) in [6, 6.07) is 12.7. The number of nitrogens with zero attached hydrogens (tertiary/aromatic N) is 4. The number of ether oxygens (including phenoxy) is 1. The second kappa shape index (κ2) is 12.2. The van der Waals surface area contributed by atoms with E-state index < -0.39 is 0 Å². The first-order valence-corrected chi connectivity index (χ1v) is 14.2. The second-order valence-electron chi connectivity index (χ2n) is 10.3. The first kappa shape index (κ1) is 27.2. The lowest BCUT2D eigenvalue weighted by molar-refractivity contribution is -0.126. The predicted octanol–water partition coefficient (Wildman–Crippen LogP) is 5.54. The minimum Gasteiger partial charge on any atom is -0.490 e. The van der Waals surface area contributed by atoms with Gasteiger partial charge in [-0.25, -0.2) is 4.98 Å². The first-order valence-electron chi connectivity index (χ1n) is 13.8. The molecule has 5 rings (SSSR count). The van der Waals surface area contributed by atoms with E-state index in [0.717, 1.165) is 57.3 Å². The fourth-order valence-corrected chi connectivity index (χ4v) is 5.92. The number of carbonyl (C=O) groups is 2. The summed E-state index contributed by atoms with van der Waals surface area (Å²) in [5.41, 5.74) is 1.91. The Morgan fingerprint density at radius 1 is 1.13 bits per heavy atom. The van der Waals surface area contributed by atoms with Gasteiger partial charge in [0.1, 0.15) is 11.9 Å². The van der Waals surface area contributed by atoms with Crippen LogP contribution in [0.2, 0.25) is 5.02 Å². The molecule has 2 amide bonds. The summed E-state index contributed by atoms with van der Waals surface area (Å²) in [5, 5.41) is 3.52. The summed E-state index contributed by atoms with van der Waals surface area (Å²) < 4.78 is 8.35. The second-order valence-corrected chi connectivity index (χ2v) is 10.7. The van der Waals surface area contributed by atoms with E-state index in [4.69, 9.17) is 21.3 Å². The third kappa shape index (κ3) is 6.12. The number of nitrogens with one attached hydrogen (secondary N) is 1. The van der Waals surface area contributed by atoms with Gasteiger partial charge in [0.15, 0.2) is 0 Å². The van der Waals surface area contributed by atoms with E-state index in [9.17, 15) is 9.59 Å². The number of fused-ring (bicyclic) bond motifs is 1. The van der Waals surface area contributed by atoms with Gasteiger partial charge in [0.25, 0.3) is 5.91 Å². The number of carbonyl (C=O) groups excluding carboxylic acids is 2. The van der Waals surface area contributed by atoms with Crippen LogP contribution in [0.4, 0.5) is 5.95 Å². The average Bonchev–Trinajstić information content (AvgIpc) is 3.14. The molecular weight excluding hydrogens is 514 g/mol. The molecule has 0 radical (unpaired) electrons. The van der Waals surface area contributed by atoms with Gasteiger partial charge in [-0.3, -0.25) is 14.9 Å². The lowest BCUT2D eigenvalue weighted by atomic mass is 10.1. The Bertz CT molecular complexity index is 1330. The maximum absolute atomic E-state index is 13.2. The van der Waals surface area contributed by atoms with Crippen LogP contribution in [0.1, 0.15) is 55.4 Å². The molecule has 2 aliphatic heterocycles. The van der Waals surface area contributed by atoms with E-state index >= 15 is 0 Å². The molecule has 3 aromatic rings. The Balaban J connectivity index is 1.51. The van der Waals surface area contributed by atoms with Crippen molar-refractivity contribution >= 4 is 40.4 Å². The van der Waals surface area contributed by atoms with Gasteiger partial charge < -0.3 is 19.1 Å². The Labute approximate surface area is 234 Å². The van der Waals surface area contributed by atoms with Crippen LogP contribution in [0, 0.1) is 0 Å². The molecule has 0 saturated carbocycles. The lowest BCUT2D eigenvalue weighted by Crippen LogP contribution is -2.37. The van der Waals surface area contributed by atoms with Crippen molar-refractivity contribution in [3.8, 4) is 5.75 Å². The maximum atomic E-state index is 13.2. The highest BCUT2D eigenvalue weighted by Gasteiger charge is 2.28. The molecule has 1 atom stereocenters. The fourth-order valence-electron chi connectivity index (χ4n) is 5.63. The van der Waals surface area contributed by atoms with Gasteiger partial charge in [-0.05, 0) is 56.9 Å². The van der Waals surface area contributed by atoms with Crippen LogP contribution in [-0.4, -0.2) is 70.0 Å². The van der Waals surface area contributed by atoms with Gasteiger partial charge in [0.05, 0.1) is 22.1 Å². The van der Waals surface area contributed by atoms with Gasteiger partial charge in [-0.1, -0.05) is 43.3 Å². The van der Waals surface area contributed by atoms with Crippen molar-refractivity contribution in [3.05, 3.63) is 65.7 Å². The number of halogens is 1. The van der Waals surface area contributed by atoms with E-state index in [-0.39, 0.29) is 24.0 Å². The highest BCUT2D eigenvalue weighted by atomic mass is 35.5. The molecule has 2 aliphatic rings. The monoisotopic (exact) mass is 549 g/mol. The van der Waals surface area contributed by atoms with E-state index in [0.29, 0.717) is 40.9 Å². The van der Waals surface area contributed by atoms with Crippen molar-refractivity contribution in [2.24, 2.45) is 0 Å². The summed E-state index contributed by atoms with van der Waals surface area (Å²) in [4.78, 5) is 34.8. The third-order valence-electron chi connectivity index (χ3n) is 7.76. The molecule has 1 aromatic heterocycles. The smallest absolute Gasteiger partial charge is 0.257 e. The SMILES string of the molecule is C=CC(=O)N1CCCCC(n2c(NC(=O)c3ccccc3)nc3cc(OC4CCN(CC)CC4)cc(Cl)c32)C1. The van der Waals surface area contributed by atoms with E-state index in [2.05, 4.69) is 23.7 Å². The van der Waals surface area contributed by atoms with E-state index in [1.807, 2.05) is 39.8 Å². The van der Waals surface area contributed by atoms with Gasteiger partial charge in [0.2, 0.25) is 11.9 Å². The van der Waals surface area contributed by atoms with Crippen LogP contribution in [0.3, 0.4) is 0 Å². The highest BCUT2D eigenvalue weighted by Crippen LogP contribution is 2.37. The number of rotatable bonds is 7. The summed E-state index contributed by atoms with van der Waals surface area (Å²) >= 11 is 6.93.